The number of hydrogen-bond acceptors (Lipinski definition) is 6. The first-order chi connectivity index (χ1) is 14.1. The van der Waals surface area contributed by atoms with Crippen molar-refractivity contribution < 1.29 is 4.39 Å². The van der Waals surface area contributed by atoms with Crippen LogP contribution in [0.25, 0.3) is 11.0 Å². The first-order valence-corrected chi connectivity index (χ1v) is 9.57. The Morgan fingerprint density at radius 1 is 1.24 bits per heavy atom. The van der Waals surface area contributed by atoms with Crippen molar-refractivity contribution >= 4 is 28.6 Å². The Balaban J connectivity index is 1.48. The van der Waals surface area contributed by atoms with Gasteiger partial charge >= 0.3 is 0 Å². The molecule has 8 nitrogen and oxygen atoms in total. The molecule has 0 aliphatic heterocycles. The average molecular weight is 392 g/mol. The molecule has 29 heavy (non-hydrogen) atoms. The molecule has 0 aromatic carbocycles. The van der Waals surface area contributed by atoms with Crippen molar-refractivity contribution in [3.8, 4) is 0 Å². The van der Waals surface area contributed by atoms with Crippen molar-refractivity contribution in [3.05, 3.63) is 53.6 Å². The Bertz CT molecular complexity index is 1170. The topological polar surface area (TPSA) is 107 Å². The van der Waals surface area contributed by atoms with Crippen molar-refractivity contribution in [2.75, 3.05) is 17.7 Å². The summed E-state index contributed by atoms with van der Waals surface area (Å²) >= 11 is 0. The van der Waals surface area contributed by atoms with Gasteiger partial charge in [-0.3, -0.25) is 10.1 Å². The lowest BCUT2D eigenvalue weighted by Gasteiger charge is -2.16. The number of aromatic nitrogens is 6. The standard InChI is InChI=1S/C20H21FN8/c1-10(14-3-4-15-16(25-14)5-6-23-15)12-9-24-20(22-2)27-19(12)26-18-8-17(28-29-18)11-7-13(11)21/h3-6,8-11,13,23H,7H2,1-2H3,(H3,22,24,26,27,28,29)/t10-,11-,13+/m1/s1. The van der Waals surface area contributed by atoms with Crippen LogP contribution in [0, 0.1) is 0 Å². The molecule has 3 atom stereocenters. The molecule has 0 radical (unpaired) electrons. The maximum Gasteiger partial charge on any atom is 0.224 e. The van der Waals surface area contributed by atoms with Crippen LogP contribution in [0.5, 0.6) is 0 Å². The minimum Gasteiger partial charge on any atom is -0.360 e. The van der Waals surface area contributed by atoms with Crippen molar-refractivity contribution in [1.29, 1.82) is 0 Å². The highest BCUT2D eigenvalue weighted by Crippen LogP contribution is 2.43. The van der Waals surface area contributed by atoms with Gasteiger partial charge in [-0.15, -0.1) is 0 Å². The molecular weight excluding hydrogens is 371 g/mol. The van der Waals surface area contributed by atoms with Crippen LogP contribution in [-0.4, -0.2) is 43.4 Å². The highest BCUT2D eigenvalue weighted by molar-refractivity contribution is 5.75. The van der Waals surface area contributed by atoms with Gasteiger partial charge in [-0.05, 0) is 24.6 Å². The fourth-order valence-corrected chi connectivity index (χ4v) is 3.48. The van der Waals surface area contributed by atoms with E-state index < -0.39 is 6.17 Å². The van der Waals surface area contributed by atoms with Gasteiger partial charge in [0.2, 0.25) is 5.95 Å². The number of pyridine rings is 1. The lowest BCUT2D eigenvalue weighted by molar-refractivity contribution is 0.466. The molecule has 0 unspecified atom stereocenters. The molecule has 4 aromatic heterocycles. The molecule has 1 saturated carbocycles. The first-order valence-electron chi connectivity index (χ1n) is 9.57. The smallest absolute Gasteiger partial charge is 0.224 e. The molecule has 0 saturated heterocycles. The Hall–Kier alpha value is -3.49. The largest absolute Gasteiger partial charge is 0.360 e. The Morgan fingerprint density at radius 3 is 2.90 bits per heavy atom. The van der Waals surface area contributed by atoms with E-state index >= 15 is 0 Å². The van der Waals surface area contributed by atoms with Gasteiger partial charge in [-0.25, -0.2) is 9.37 Å². The summed E-state index contributed by atoms with van der Waals surface area (Å²) in [6, 6.07) is 7.81. The quantitative estimate of drug-likeness (QED) is 0.397. The second kappa shape index (κ2) is 6.84. The number of anilines is 3. The zero-order valence-corrected chi connectivity index (χ0v) is 16.1. The predicted molar refractivity (Wildman–Crippen MR) is 109 cm³/mol. The van der Waals surface area contributed by atoms with E-state index in [1.54, 1.807) is 13.2 Å². The van der Waals surface area contributed by atoms with Gasteiger partial charge in [0.05, 0.1) is 11.0 Å². The van der Waals surface area contributed by atoms with Crippen LogP contribution >= 0.6 is 0 Å². The van der Waals surface area contributed by atoms with Crippen molar-refractivity contribution in [2.24, 2.45) is 0 Å². The SMILES string of the molecule is CNc1ncc([C@@H](C)c2ccc3[nH]ccc3n2)c(Nc2cc([C@@H]3C[C@@H]3F)[nH]n2)n1. The summed E-state index contributed by atoms with van der Waals surface area (Å²) in [5.74, 6) is 1.62. The molecule has 5 rings (SSSR count). The molecule has 4 N–H and O–H groups in total. The highest BCUT2D eigenvalue weighted by Gasteiger charge is 2.40. The number of alkyl halides is 1. The summed E-state index contributed by atoms with van der Waals surface area (Å²) in [6.07, 6.45) is 3.44. The molecule has 4 aromatic rings. The number of nitrogens with zero attached hydrogens (tertiary/aromatic N) is 4. The second-order valence-corrected chi connectivity index (χ2v) is 7.31. The zero-order valence-electron chi connectivity index (χ0n) is 16.1. The van der Waals surface area contributed by atoms with Crippen molar-refractivity contribution in [2.45, 2.75) is 31.4 Å². The summed E-state index contributed by atoms with van der Waals surface area (Å²) < 4.78 is 13.3. The number of aromatic amines is 2. The predicted octanol–water partition coefficient (Wildman–Crippen LogP) is 3.84. The average Bonchev–Trinajstić information content (AvgIpc) is 3.12. The molecule has 148 valence electrons. The van der Waals surface area contributed by atoms with Crippen LogP contribution in [-0.2, 0) is 0 Å². The van der Waals surface area contributed by atoms with E-state index in [-0.39, 0.29) is 11.8 Å². The summed E-state index contributed by atoms with van der Waals surface area (Å²) in [4.78, 5) is 16.9. The number of rotatable bonds is 6. The molecule has 1 aliphatic carbocycles. The van der Waals surface area contributed by atoms with E-state index in [1.165, 1.54) is 0 Å². The summed E-state index contributed by atoms with van der Waals surface area (Å²) in [5, 5.41) is 13.4. The lowest BCUT2D eigenvalue weighted by Crippen LogP contribution is -2.08. The number of hydrogen-bond donors (Lipinski definition) is 4. The van der Waals surface area contributed by atoms with E-state index in [4.69, 9.17) is 4.98 Å². The van der Waals surface area contributed by atoms with Gasteiger partial charge in [0.15, 0.2) is 5.82 Å². The maximum absolute atomic E-state index is 13.3. The van der Waals surface area contributed by atoms with Gasteiger partial charge in [0.25, 0.3) is 0 Å². The first kappa shape index (κ1) is 17.6. The van der Waals surface area contributed by atoms with Crippen LogP contribution in [0.2, 0.25) is 0 Å². The van der Waals surface area contributed by atoms with Gasteiger partial charge in [-0.1, -0.05) is 6.92 Å². The van der Waals surface area contributed by atoms with Crippen LogP contribution in [0.4, 0.5) is 22.0 Å². The molecule has 9 heteroatoms. The Kier molecular flexibility index (Phi) is 4.15. The van der Waals surface area contributed by atoms with Crippen LogP contribution < -0.4 is 10.6 Å². The molecular formula is C20H21FN8. The van der Waals surface area contributed by atoms with Crippen LogP contribution in [0.15, 0.2) is 36.7 Å². The normalized spacial score (nSPS) is 19.3. The molecule has 0 bridgehead atoms. The van der Waals surface area contributed by atoms with Crippen molar-refractivity contribution in [3.63, 3.8) is 0 Å². The molecule has 1 fully saturated rings. The molecule has 4 heterocycles. The third-order valence-electron chi connectivity index (χ3n) is 5.33. The minimum absolute atomic E-state index is 0.0419. The van der Waals surface area contributed by atoms with E-state index in [2.05, 4.69) is 42.7 Å². The van der Waals surface area contributed by atoms with Gasteiger partial charge in [0.1, 0.15) is 12.0 Å². The number of H-pyrrole nitrogens is 2. The van der Waals surface area contributed by atoms with Crippen molar-refractivity contribution in [1.82, 2.24) is 30.1 Å². The number of nitrogens with one attached hydrogen (secondary N) is 4. The summed E-state index contributed by atoms with van der Waals surface area (Å²) in [6.45, 7) is 2.07. The Labute approximate surface area is 166 Å². The molecule has 1 aliphatic rings. The summed E-state index contributed by atoms with van der Waals surface area (Å²) in [5.41, 5.74) is 4.53. The van der Waals surface area contributed by atoms with Crippen LogP contribution in [0.3, 0.4) is 0 Å². The van der Waals surface area contributed by atoms with E-state index in [0.29, 0.717) is 24.0 Å². The highest BCUT2D eigenvalue weighted by atomic mass is 19.1. The molecule has 0 spiro atoms. The third-order valence-corrected chi connectivity index (χ3v) is 5.33. The number of halogens is 1. The lowest BCUT2D eigenvalue weighted by atomic mass is 9.98. The third kappa shape index (κ3) is 3.28. The fourth-order valence-electron chi connectivity index (χ4n) is 3.48. The van der Waals surface area contributed by atoms with Gasteiger partial charge < -0.3 is 15.6 Å². The fraction of sp³-hybridized carbons (Fsp3) is 0.300. The van der Waals surface area contributed by atoms with Gasteiger partial charge in [0, 0.05) is 54.3 Å². The monoisotopic (exact) mass is 392 g/mol. The second-order valence-electron chi connectivity index (χ2n) is 7.31. The van der Waals surface area contributed by atoms with Gasteiger partial charge in [-0.2, -0.15) is 10.1 Å². The molecule has 0 amide bonds. The minimum atomic E-state index is -0.775. The van der Waals surface area contributed by atoms with Crippen LogP contribution in [0.1, 0.15) is 42.1 Å². The zero-order chi connectivity index (χ0) is 20.0. The number of fused-ring (bicyclic) bond motifs is 1. The van der Waals surface area contributed by atoms with E-state index in [1.807, 2.05) is 30.5 Å². The Morgan fingerprint density at radius 2 is 2.10 bits per heavy atom. The van der Waals surface area contributed by atoms with E-state index in [0.717, 1.165) is 28.0 Å². The maximum atomic E-state index is 13.3. The van der Waals surface area contributed by atoms with E-state index in [9.17, 15) is 4.39 Å². The summed E-state index contributed by atoms with van der Waals surface area (Å²) in [7, 11) is 1.77.